The highest BCUT2D eigenvalue weighted by Gasteiger charge is 2.15. The molecule has 1 saturated carbocycles. The molecule has 0 saturated heterocycles. The molecule has 0 spiro atoms. The SMILES string of the molecule is ON=C1CCCCC1=NO. The van der Waals surface area contributed by atoms with Crippen molar-refractivity contribution >= 4 is 11.4 Å². The Kier molecular flexibility index (Phi) is 2.25. The normalized spacial score (nSPS) is 27.6. The van der Waals surface area contributed by atoms with Crippen molar-refractivity contribution in [1.29, 1.82) is 0 Å². The lowest BCUT2D eigenvalue weighted by Gasteiger charge is -2.11. The van der Waals surface area contributed by atoms with Crippen molar-refractivity contribution in [3.63, 3.8) is 0 Å². The molecule has 4 nitrogen and oxygen atoms in total. The van der Waals surface area contributed by atoms with Crippen LogP contribution in [-0.4, -0.2) is 21.8 Å². The van der Waals surface area contributed by atoms with E-state index in [2.05, 4.69) is 10.3 Å². The van der Waals surface area contributed by atoms with Crippen LogP contribution >= 0.6 is 0 Å². The minimum atomic E-state index is 0.522. The Morgan fingerprint density at radius 3 is 1.60 bits per heavy atom. The Balaban J connectivity index is 2.69. The van der Waals surface area contributed by atoms with Crippen LogP contribution in [0.2, 0.25) is 0 Å². The van der Waals surface area contributed by atoms with Gasteiger partial charge in [0.1, 0.15) is 11.4 Å². The zero-order chi connectivity index (χ0) is 7.40. The molecule has 0 aliphatic heterocycles. The van der Waals surface area contributed by atoms with Crippen molar-refractivity contribution in [1.82, 2.24) is 0 Å². The molecule has 1 aliphatic rings. The van der Waals surface area contributed by atoms with Gasteiger partial charge >= 0.3 is 0 Å². The molecule has 2 N–H and O–H groups in total. The fraction of sp³-hybridized carbons (Fsp3) is 0.667. The second-order valence-electron chi connectivity index (χ2n) is 2.30. The summed E-state index contributed by atoms with van der Waals surface area (Å²) < 4.78 is 0. The van der Waals surface area contributed by atoms with Gasteiger partial charge in [-0.25, -0.2) is 0 Å². The minimum Gasteiger partial charge on any atom is -0.411 e. The number of nitrogens with zero attached hydrogens (tertiary/aromatic N) is 2. The monoisotopic (exact) mass is 142 g/mol. The summed E-state index contributed by atoms with van der Waals surface area (Å²) in [6, 6.07) is 0. The van der Waals surface area contributed by atoms with Crippen molar-refractivity contribution in [2.24, 2.45) is 10.3 Å². The summed E-state index contributed by atoms with van der Waals surface area (Å²) >= 11 is 0. The molecule has 0 heterocycles. The van der Waals surface area contributed by atoms with Gasteiger partial charge in [-0.2, -0.15) is 0 Å². The quantitative estimate of drug-likeness (QED) is 0.394. The Bertz CT molecular complexity index is 155. The molecule has 4 heteroatoms. The van der Waals surface area contributed by atoms with Crippen molar-refractivity contribution in [2.75, 3.05) is 0 Å². The van der Waals surface area contributed by atoms with E-state index < -0.39 is 0 Å². The molecule has 1 aliphatic carbocycles. The van der Waals surface area contributed by atoms with Gasteiger partial charge in [0, 0.05) is 0 Å². The fourth-order valence-corrected chi connectivity index (χ4v) is 1.09. The molecule has 0 amide bonds. The zero-order valence-electron chi connectivity index (χ0n) is 5.62. The number of oxime groups is 2. The molecule has 10 heavy (non-hydrogen) atoms. The van der Waals surface area contributed by atoms with Crippen LogP contribution in [0.25, 0.3) is 0 Å². The average Bonchev–Trinajstić information content (AvgIpc) is 2.04. The lowest BCUT2D eigenvalue weighted by Crippen LogP contribution is -2.18. The molecule has 1 fully saturated rings. The summed E-state index contributed by atoms with van der Waals surface area (Å²) in [5.41, 5.74) is 1.04. The Morgan fingerprint density at radius 1 is 0.900 bits per heavy atom. The van der Waals surface area contributed by atoms with Crippen LogP contribution in [0, 0.1) is 0 Å². The van der Waals surface area contributed by atoms with Crippen molar-refractivity contribution < 1.29 is 10.4 Å². The predicted molar refractivity (Wildman–Crippen MR) is 36.9 cm³/mol. The molecular weight excluding hydrogens is 132 g/mol. The molecule has 0 unspecified atom stereocenters. The number of hydrogen-bond acceptors (Lipinski definition) is 4. The molecule has 0 aromatic carbocycles. The first-order chi connectivity index (χ1) is 4.88. The van der Waals surface area contributed by atoms with Crippen LogP contribution in [-0.2, 0) is 0 Å². The van der Waals surface area contributed by atoms with Crippen LogP contribution in [0.5, 0.6) is 0 Å². The summed E-state index contributed by atoms with van der Waals surface area (Å²) in [5.74, 6) is 0. The summed E-state index contributed by atoms with van der Waals surface area (Å²) in [7, 11) is 0. The third-order valence-corrected chi connectivity index (χ3v) is 1.65. The minimum absolute atomic E-state index is 0.522. The molecule has 56 valence electrons. The third kappa shape index (κ3) is 1.26. The van der Waals surface area contributed by atoms with Crippen LogP contribution in [0.15, 0.2) is 10.3 Å². The fourth-order valence-electron chi connectivity index (χ4n) is 1.09. The standard InChI is InChI=1S/C6H10N2O2/c9-7-5-3-1-2-4-6(5)8-10/h9-10H,1-4H2. The van der Waals surface area contributed by atoms with Crippen LogP contribution < -0.4 is 0 Å². The van der Waals surface area contributed by atoms with Gasteiger partial charge in [-0.05, 0) is 25.7 Å². The van der Waals surface area contributed by atoms with E-state index in [0.29, 0.717) is 11.4 Å². The maximum Gasteiger partial charge on any atom is 0.104 e. The molecular formula is C6H10N2O2. The smallest absolute Gasteiger partial charge is 0.104 e. The largest absolute Gasteiger partial charge is 0.411 e. The summed E-state index contributed by atoms with van der Waals surface area (Å²) in [6.45, 7) is 0. The first kappa shape index (κ1) is 7.05. The van der Waals surface area contributed by atoms with Crippen LogP contribution in [0.1, 0.15) is 25.7 Å². The van der Waals surface area contributed by atoms with E-state index >= 15 is 0 Å². The Morgan fingerprint density at radius 2 is 1.30 bits per heavy atom. The maximum absolute atomic E-state index is 8.39. The first-order valence-electron chi connectivity index (χ1n) is 3.30. The van der Waals surface area contributed by atoms with Gasteiger partial charge in [-0.1, -0.05) is 10.3 Å². The second kappa shape index (κ2) is 3.20. The van der Waals surface area contributed by atoms with E-state index in [9.17, 15) is 0 Å². The lowest BCUT2D eigenvalue weighted by atomic mass is 9.97. The lowest BCUT2D eigenvalue weighted by molar-refractivity contribution is 0.310. The van der Waals surface area contributed by atoms with E-state index in [0.717, 1.165) is 25.7 Å². The Labute approximate surface area is 58.8 Å². The van der Waals surface area contributed by atoms with Crippen molar-refractivity contribution in [3.8, 4) is 0 Å². The van der Waals surface area contributed by atoms with Gasteiger partial charge in [-0.3, -0.25) is 0 Å². The van der Waals surface area contributed by atoms with Gasteiger partial charge in [0.25, 0.3) is 0 Å². The summed E-state index contributed by atoms with van der Waals surface area (Å²) in [5, 5.41) is 22.8. The first-order valence-corrected chi connectivity index (χ1v) is 3.30. The van der Waals surface area contributed by atoms with Crippen LogP contribution in [0.3, 0.4) is 0 Å². The molecule has 0 radical (unpaired) electrons. The van der Waals surface area contributed by atoms with Gasteiger partial charge < -0.3 is 10.4 Å². The summed E-state index contributed by atoms with van der Waals surface area (Å²) in [6.07, 6.45) is 3.46. The maximum atomic E-state index is 8.39. The van der Waals surface area contributed by atoms with E-state index in [1.54, 1.807) is 0 Å². The molecule has 0 aromatic heterocycles. The predicted octanol–water partition coefficient (Wildman–Crippen LogP) is 1.22. The van der Waals surface area contributed by atoms with Crippen LogP contribution in [0.4, 0.5) is 0 Å². The van der Waals surface area contributed by atoms with Gasteiger partial charge in [0.15, 0.2) is 0 Å². The van der Waals surface area contributed by atoms with E-state index in [1.807, 2.05) is 0 Å². The number of rotatable bonds is 0. The van der Waals surface area contributed by atoms with E-state index in [-0.39, 0.29) is 0 Å². The summed E-state index contributed by atoms with van der Waals surface area (Å²) in [4.78, 5) is 0. The molecule has 0 atom stereocenters. The van der Waals surface area contributed by atoms with Crippen molar-refractivity contribution in [2.45, 2.75) is 25.7 Å². The van der Waals surface area contributed by atoms with E-state index in [4.69, 9.17) is 10.4 Å². The van der Waals surface area contributed by atoms with Gasteiger partial charge in [0.2, 0.25) is 0 Å². The van der Waals surface area contributed by atoms with Crippen molar-refractivity contribution in [3.05, 3.63) is 0 Å². The van der Waals surface area contributed by atoms with Gasteiger partial charge in [0.05, 0.1) is 0 Å². The highest BCUT2D eigenvalue weighted by Crippen LogP contribution is 2.12. The third-order valence-electron chi connectivity index (χ3n) is 1.65. The molecule has 1 rings (SSSR count). The van der Waals surface area contributed by atoms with E-state index in [1.165, 1.54) is 0 Å². The highest BCUT2D eigenvalue weighted by molar-refractivity contribution is 6.42. The topological polar surface area (TPSA) is 65.2 Å². The number of hydrogen-bond donors (Lipinski definition) is 2. The highest BCUT2D eigenvalue weighted by atomic mass is 16.4. The zero-order valence-corrected chi connectivity index (χ0v) is 5.62. The second-order valence-corrected chi connectivity index (χ2v) is 2.30. The Hall–Kier alpha value is -1.06. The van der Waals surface area contributed by atoms with Gasteiger partial charge in [-0.15, -0.1) is 0 Å². The molecule has 0 bridgehead atoms. The molecule has 0 aromatic rings. The average molecular weight is 142 g/mol.